The molecule has 0 aromatic carbocycles. The topological polar surface area (TPSA) is 86.3 Å². The van der Waals surface area contributed by atoms with E-state index in [1.807, 2.05) is 27.9 Å². The summed E-state index contributed by atoms with van der Waals surface area (Å²) in [5.74, 6) is -0.379. The number of likely N-dealkylation sites (N-methyl/N-ethyl adjacent to an activating group) is 1. The lowest BCUT2D eigenvalue weighted by molar-refractivity contribution is -0.886. The molecule has 7 heteroatoms. The van der Waals surface area contributed by atoms with Gasteiger partial charge < -0.3 is 14.4 Å². The summed E-state index contributed by atoms with van der Waals surface area (Å²) in [6.45, 7) is 5.14. The predicted octanol–water partition coefficient (Wildman–Crippen LogP) is -0.230. The molecule has 1 atom stereocenters. The maximum atomic E-state index is 11.5. The Morgan fingerprint density at radius 3 is 2.33 bits per heavy atom. The van der Waals surface area contributed by atoms with Gasteiger partial charge in [-0.3, -0.25) is 4.79 Å². The number of nitrogens with one attached hydrogen (secondary N) is 1. The van der Waals surface area contributed by atoms with Crippen LogP contribution in [0.5, 0.6) is 0 Å². The standard InChI is InChI=1S/C11H24N2O4S/c1-5-10(2)11(14)12-6-7-13(3,4)8-9-18(15,16)17/h10H,5-9H2,1-4H3,(H-,12,14,15,16,17). The zero-order valence-corrected chi connectivity index (χ0v) is 12.4. The van der Waals surface area contributed by atoms with Crippen LogP contribution in [0.1, 0.15) is 20.3 Å². The Bertz CT molecular complexity index is 365. The smallest absolute Gasteiger partial charge is 0.223 e. The van der Waals surface area contributed by atoms with E-state index >= 15 is 0 Å². The molecular weight excluding hydrogens is 256 g/mol. The van der Waals surface area contributed by atoms with E-state index in [1.165, 1.54) is 0 Å². The van der Waals surface area contributed by atoms with Crippen LogP contribution in [0.3, 0.4) is 0 Å². The fourth-order valence-electron chi connectivity index (χ4n) is 1.31. The van der Waals surface area contributed by atoms with Crippen LogP contribution < -0.4 is 5.32 Å². The van der Waals surface area contributed by atoms with Gasteiger partial charge in [0.15, 0.2) is 0 Å². The van der Waals surface area contributed by atoms with Crippen LogP contribution in [0.2, 0.25) is 0 Å². The van der Waals surface area contributed by atoms with Crippen molar-refractivity contribution in [2.45, 2.75) is 20.3 Å². The summed E-state index contributed by atoms with van der Waals surface area (Å²) < 4.78 is 32.0. The number of nitrogens with zero attached hydrogens (tertiary/aromatic N) is 1. The first-order valence-electron chi connectivity index (χ1n) is 6.10. The van der Waals surface area contributed by atoms with Crippen molar-refractivity contribution in [2.24, 2.45) is 5.92 Å². The molecule has 0 fully saturated rings. The molecular formula is C11H24N2O4S. The molecule has 0 aliphatic heterocycles. The van der Waals surface area contributed by atoms with Crippen LogP contribution in [0.15, 0.2) is 0 Å². The highest BCUT2D eigenvalue weighted by Gasteiger charge is 2.17. The molecule has 0 radical (unpaired) electrons. The first-order chi connectivity index (χ1) is 8.07. The number of rotatable bonds is 8. The second-order valence-corrected chi connectivity index (χ2v) is 6.77. The van der Waals surface area contributed by atoms with Crippen molar-refractivity contribution < 1.29 is 22.2 Å². The van der Waals surface area contributed by atoms with Gasteiger partial charge in [-0.2, -0.15) is 0 Å². The number of hydrogen-bond donors (Lipinski definition) is 1. The second kappa shape index (κ2) is 7.06. The number of amides is 1. The molecule has 0 rings (SSSR count). The third kappa shape index (κ3) is 8.43. The Morgan fingerprint density at radius 1 is 1.33 bits per heavy atom. The number of quaternary nitrogens is 1. The van der Waals surface area contributed by atoms with E-state index in [1.54, 1.807) is 0 Å². The zero-order valence-electron chi connectivity index (χ0n) is 11.6. The Morgan fingerprint density at radius 2 is 1.89 bits per heavy atom. The Labute approximate surface area is 110 Å². The van der Waals surface area contributed by atoms with E-state index in [9.17, 15) is 17.8 Å². The van der Waals surface area contributed by atoms with Crippen molar-refractivity contribution in [3.8, 4) is 0 Å². The first-order valence-corrected chi connectivity index (χ1v) is 7.68. The largest absolute Gasteiger partial charge is 0.748 e. The molecule has 0 aromatic rings. The van der Waals surface area contributed by atoms with Crippen LogP contribution in [0.25, 0.3) is 0 Å². The molecule has 0 aliphatic rings. The Hall–Kier alpha value is -0.660. The summed E-state index contributed by atoms with van der Waals surface area (Å²) in [6, 6.07) is 0. The summed E-state index contributed by atoms with van der Waals surface area (Å²) in [5, 5.41) is 2.80. The minimum Gasteiger partial charge on any atom is -0.748 e. The van der Waals surface area contributed by atoms with E-state index in [-0.39, 0.29) is 24.1 Å². The summed E-state index contributed by atoms with van der Waals surface area (Å²) in [6.07, 6.45) is 0.790. The lowest BCUT2D eigenvalue weighted by Crippen LogP contribution is -2.48. The molecule has 0 spiro atoms. The van der Waals surface area contributed by atoms with Gasteiger partial charge in [0.25, 0.3) is 0 Å². The summed E-state index contributed by atoms with van der Waals surface area (Å²) >= 11 is 0. The molecule has 1 N–H and O–H groups in total. The second-order valence-electron chi connectivity index (χ2n) is 5.25. The molecule has 1 amide bonds. The minimum absolute atomic E-state index is 0.00828. The van der Waals surface area contributed by atoms with Crippen molar-refractivity contribution in [1.29, 1.82) is 0 Å². The molecule has 0 aromatic heterocycles. The van der Waals surface area contributed by atoms with E-state index < -0.39 is 10.1 Å². The Balaban J connectivity index is 4.01. The highest BCUT2D eigenvalue weighted by Crippen LogP contribution is 2.01. The fourth-order valence-corrected chi connectivity index (χ4v) is 2.03. The lowest BCUT2D eigenvalue weighted by Gasteiger charge is -2.30. The maximum absolute atomic E-state index is 11.5. The number of hydrogen-bond acceptors (Lipinski definition) is 4. The summed E-state index contributed by atoms with van der Waals surface area (Å²) in [7, 11) is -0.501. The minimum atomic E-state index is -4.17. The summed E-state index contributed by atoms with van der Waals surface area (Å²) in [5.41, 5.74) is 0. The van der Waals surface area contributed by atoms with Gasteiger partial charge in [0.05, 0.1) is 39.5 Å². The number of carbonyl (C=O) groups is 1. The quantitative estimate of drug-likeness (QED) is 0.491. The van der Waals surface area contributed by atoms with E-state index in [0.29, 0.717) is 17.6 Å². The molecule has 108 valence electrons. The molecule has 0 saturated heterocycles. The monoisotopic (exact) mass is 280 g/mol. The van der Waals surface area contributed by atoms with E-state index in [2.05, 4.69) is 5.32 Å². The third-order valence-corrected chi connectivity index (χ3v) is 3.71. The van der Waals surface area contributed by atoms with Crippen LogP contribution in [-0.4, -0.2) is 62.8 Å². The molecule has 6 nitrogen and oxygen atoms in total. The molecule has 18 heavy (non-hydrogen) atoms. The van der Waals surface area contributed by atoms with Crippen molar-refractivity contribution in [1.82, 2.24) is 5.32 Å². The average molecular weight is 280 g/mol. The highest BCUT2D eigenvalue weighted by molar-refractivity contribution is 7.85. The van der Waals surface area contributed by atoms with Crippen LogP contribution in [0, 0.1) is 5.92 Å². The lowest BCUT2D eigenvalue weighted by atomic mass is 10.1. The van der Waals surface area contributed by atoms with Crippen molar-refractivity contribution in [2.75, 3.05) is 39.5 Å². The maximum Gasteiger partial charge on any atom is 0.223 e. The fraction of sp³-hybridized carbons (Fsp3) is 0.909. The molecule has 0 aliphatic carbocycles. The zero-order chi connectivity index (χ0) is 14.4. The molecule has 0 bridgehead atoms. The molecule has 0 heterocycles. The molecule has 0 saturated carbocycles. The SMILES string of the molecule is CCC(C)C(=O)NCC[N+](C)(C)CCS(=O)(=O)[O-]. The average Bonchev–Trinajstić information content (AvgIpc) is 2.24. The number of carbonyl (C=O) groups excluding carboxylic acids is 1. The third-order valence-electron chi connectivity index (χ3n) is 3.02. The van der Waals surface area contributed by atoms with Gasteiger partial charge in [0, 0.05) is 5.92 Å². The summed E-state index contributed by atoms with van der Waals surface area (Å²) in [4.78, 5) is 11.5. The van der Waals surface area contributed by atoms with E-state index in [4.69, 9.17) is 0 Å². The van der Waals surface area contributed by atoms with Gasteiger partial charge in [0.1, 0.15) is 10.1 Å². The van der Waals surface area contributed by atoms with Gasteiger partial charge in [-0.05, 0) is 6.42 Å². The van der Waals surface area contributed by atoms with Crippen molar-refractivity contribution >= 4 is 16.0 Å². The van der Waals surface area contributed by atoms with Crippen LogP contribution in [0.4, 0.5) is 0 Å². The highest BCUT2D eigenvalue weighted by atomic mass is 32.2. The van der Waals surface area contributed by atoms with Crippen molar-refractivity contribution in [3.05, 3.63) is 0 Å². The van der Waals surface area contributed by atoms with Gasteiger partial charge >= 0.3 is 0 Å². The first kappa shape index (κ1) is 17.3. The van der Waals surface area contributed by atoms with Gasteiger partial charge in [-0.25, -0.2) is 8.42 Å². The van der Waals surface area contributed by atoms with E-state index in [0.717, 1.165) is 6.42 Å². The van der Waals surface area contributed by atoms with Gasteiger partial charge in [-0.1, -0.05) is 13.8 Å². The molecule has 1 unspecified atom stereocenters. The van der Waals surface area contributed by atoms with Crippen LogP contribution in [-0.2, 0) is 14.9 Å². The Kier molecular flexibility index (Phi) is 6.80. The normalized spacial score (nSPS) is 14.3. The predicted molar refractivity (Wildman–Crippen MR) is 68.9 cm³/mol. The van der Waals surface area contributed by atoms with Crippen LogP contribution >= 0.6 is 0 Å². The van der Waals surface area contributed by atoms with Gasteiger partial charge in [0.2, 0.25) is 5.91 Å². The van der Waals surface area contributed by atoms with Crippen molar-refractivity contribution in [3.63, 3.8) is 0 Å². The van der Waals surface area contributed by atoms with Gasteiger partial charge in [-0.15, -0.1) is 0 Å².